The Morgan fingerprint density at radius 3 is 0.875 bits per heavy atom. The topological polar surface area (TPSA) is 17.1 Å². The fourth-order valence-electron chi connectivity index (χ4n) is 0.385. The summed E-state index contributed by atoms with van der Waals surface area (Å²) in [4.78, 5) is 0. The second kappa shape index (κ2) is 6.90. The van der Waals surface area contributed by atoms with E-state index in [9.17, 15) is 0 Å². The van der Waals surface area contributed by atoms with Crippen molar-refractivity contribution in [1.29, 1.82) is 0 Å². The van der Waals surface area contributed by atoms with Crippen molar-refractivity contribution in [3.63, 3.8) is 0 Å². The Balaban J connectivity index is 0.000000222. The van der Waals surface area contributed by atoms with Gasteiger partial charge in [0.05, 0.1) is 0 Å². The van der Waals surface area contributed by atoms with Gasteiger partial charge in [-0.15, -0.1) is 0 Å². The van der Waals surface area contributed by atoms with Crippen LogP contribution in [0.3, 0.4) is 0 Å². The van der Waals surface area contributed by atoms with Crippen molar-refractivity contribution in [3.05, 3.63) is 36.4 Å². The van der Waals surface area contributed by atoms with E-state index in [2.05, 4.69) is 0 Å². The molecular formula is C6H6OZr. The zero-order chi connectivity index (χ0) is 6.24. The molecule has 8 heavy (non-hydrogen) atoms. The van der Waals surface area contributed by atoms with Gasteiger partial charge >= 0.3 is 27.5 Å². The van der Waals surface area contributed by atoms with Gasteiger partial charge in [0.1, 0.15) is 0 Å². The summed E-state index contributed by atoms with van der Waals surface area (Å²) in [5.41, 5.74) is 0. The van der Waals surface area contributed by atoms with Crippen LogP contribution < -0.4 is 0 Å². The Morgan fingerprint density at radius 2 is 0.750 bits per heavy atom. The molecule has 40 valence electrons. The predicted octanol–water partition coefficient (Wildman–Crippen LogP) is 1.57. The van der Waals surface area contributed by atoms with E-state index in [1.807, 2.05) is 36.4 Å². The fraction of sp³-hybridized carbons (Fsp3) is 0. The molecule has 1 rings (SSSR count). The van der Waals surface area contributed by atoms with Gasteiger partial charge in [0.15, 0.2) is 0 Å². The summed E-state index contributed by atoms with van der Waals surface area (Å²) in [5, 5.41) is 0. The van der Waals surface area contributed by atoms with Crippen LogP contribution in [0.25, 0.3) is 0 Å². The standard InChI is InChI=1S/C6H6.O.Zr/c1-2-4-6-5-3-1;;/h1-6H;;. The van der Waals surface area contributed by atoms with E-state index in [0.717, 1.165) is 0 Å². The van der Waals surface area contributed by atoms with Crippen LogP contribution in [0.2, 0.25) is 0 Å². The largest absolute Gasteiger partial charge is 0.0623 e. The van der Waals surface area contributed by atoms with Crippen LogP contribution in [0.5, 0.6) is 0 Å². The molecule has 0 unspecified atom stereocenters. The molecule has 0 saturated heterocycles. The van der Waals surface area contributed by atoms with E-state index in [4.69, 9.17) is 2.81 Å². The van der Waals surface area contributed by atoms with Gasteiger partial charge in [0, 0.05) is 0 Å². The van der Waals surface area contributed by atoms with Crippen LogP contribution in [0, 0.1) is 0 Å². The predicted molar refractivity (Wildman–Crippen MR) is 27.1 cm³/mol. The molecule has 1 aromatic rings. The van der Waals surface area contributed by atoms with E-state index in [1.165, 1.54) is 0 Å². The third kappa shape index (κ3) is 4.07. The van der Waals surface area contributed by atoms with Gasteiger partial charge in [0.25, 0.3) is 0 Å². The Bertz CT molecular complexity index is 91.4. The smallest absolute Gasteiger partial charge is 0.0623 e. The Morgan fingerprint density at radius 1 is 0.625 bits per heavy atom. The molecule has 2 heteroatoms. The normalized spacial score (nSPS) is 6.38. The summed E-state index contributed by atoms with van der Waals surface area (Å²) in [7, 11) is 0. The van der Waals surface area contributed by atoms with Crippen LogP contribution >= 0.6 is 0 Å². The van der Waals surface area contributed by atoms with E-state index in [0.29, 0.717) is 24.7 Å². The van der Waals surface area contributed by atoms with Gasteiger partial charge in [-0.1, -0.05) is 36.4 Å². The fourth-order valence-corrected chi connectivity index (χ4v) is 0.385. The number of hydrogen-bond donors (Lipinski definition) is 0. The summed E-state index contributed by atoms with van der Waals surface area (Å²) in [5.74, 6) is 0. The number of hydrogen-bond acceptors (Lipinski definition) is 1. The second-order valence-electron chi connectivity index (χ2n) is 1.15. The van der Waals surface area contributed by atoms with E-state index < -0.39 is 0 Å². The molecule has 0 aliphatic heterocycles. The van der Waals surface area contributed by atoms with Crippen molar-refractivity contribution in [3.8, 4) is 0 Å². The first-order chi connectivity index (χ1) is 4.00. The first-order valence-corrected chi connectivity index (χ1v) is 3.21. The van der Waals surface area contributed by atoms with Crippen molar-refractivity contribution >= 4 is 0 Å². The summed E-state index contributed by atoms with van der Waals surface area (Å²) >= 11 is 0.300. The molecule has 0 aliphatic carbocycles. The van der Waals surface area contributed by atoms with Crippen LogP contribution in [0.15, 0.2) is 36.4 Å². The van der Waals surface area contributed by atoms with Gasteiger partial charge in [-0.3, -0.25) is 0 Å². The molecule has 1 nitrogen and oxygen atoms in total. The van der Waals surface area contributed by atoms with Gasteiger partial charge < -0.3 is 0 Å². The van der Waals surface area contributed by atoms with Crippen LogP contribution in [-0.4, -0.2) is 0 Å². The van der Waals surface area contributed by atoms with E-state index in [1.54, 1.807) is 0 Å². The van der Waals surface area contributed by atoms with Gasteiger partial charge in [0.2, 0.25) is 0 Å². The summed E-state index contributed by atoms with van der Waals surface area (Å²) < 4.78 is 8.34. The van der Waals surface area contributed by atoms with E-state index in [-0.39, 0.29) is 0 Å². The molecule has 0 atom stereocenters. The average Bonchev–Trinajstić information content (AvgIpc) is 1.96. The molecule has 0 amide bonds. The minimum atomic E-state index is 0.300. The van der Waals surface area contributed by atoms with Crippen molar-refractivity contribution in [2.45, 2.75) is 0 Å². The molecule has 1 aromatic carbocycles. The monoisotopic (exact) mass is 184 g/mol. The first-order valence-electron chi connectivity index (χ1n) is 2.20. The molecule has 0 fully saturated rings. The first kappa shape index (κ1) is 7.90. The average molecular weight is 185 g/mol. The van der Waals surface area contributed by atoms with Crippen LogP contribution in [-0.2, 0) is 27.5 Å². The second-order valence-corrected chi connectivity index (χ2v) is 1.15. The maximum absolute atomic E-state index is 8.34. The minimum absolute atomic E-state index is 0.300. The van der Waals surface area contributed by atoms with Crippen molar-refractivity contribution in [2.75, 3.05) is 0 Å². The van der Waals surface area contributed by atoms with Crippen molar-refractivity contribution in [1.82, 2.24) is 0 Å². The van der Waals surface area contributed by atoms with Crippen LogP contribution in [0.4, 0.5) is 0 Å². The zero-order valence-electron chi connectivity index (χ0n) is 4.37. The molecule has 0 N–H and O–H groups in total. The molecule has 0 aromatic heterocycles. The summed E-state index contributed by atoms with van der Waals surface area (Å²) in [6.07, 6.45) is 0. The quantitative estimate of drug-likeness (QED) is 0.599. The molecule has 0 radical (unpaired) electrons. The number of rotatable bonds is 0. The van der Waals surface area contributed by atoms with Crippen LogP contribution in [0.1, 0.15) is 0 Å². The van der Waals surface area contributed by atoms with Gasteiger partial charge in [-0.2, -0.15) is 0 Å². The van der Waals surface area contributed by atoms with Crippen molar-refractivity contribution < 1.29 is 27.5 Å². The summed E-state index contributed by atoms with van der Waals surface area (Å²) in [6.45, 7) is 0. The molecule has 0 heterocycles. The maximum atomic E-state index is 8.34. The van der Waals surface area contributed by atoms with E-state index >= 15 is 0 Å². The third-order valence-corrected chi connectivity index (χ3v) is 0.667. The Hall–Kier alpha value is -0.0969. The molecule has 0 spiro atoms. The Labute approximate surface area is 64.0 Å². The van der Waals surface area contributed by atoms with Gasteiger partial charge in [-0.25, -0.2) is 0 Å². The third-order valence-electron chi connectivity index (χ3n) is 0.667. The molecular weight excluding hydrogens is 179 g/mol. The summed E-state index contributed by atoms with van der Waals surface area (Å²) in [6, 6.07) is 12.0. The SMILES string of the molecule is [O]=[Zr].c1ccccc1. The minimum Gasteiger partial charge on any atom is -0.0623 e. The maximum Gasteiger partial charge on any atom is -0.0623 e. The number of benzene rings is 1. The zero-order valence-corrected chi connectivity index (χ0v) is 6.83. The molecule has 0 saturated carbocycles. The molecule has 0 aliphatic rings. The van der Waals surface area contributed by atoms with Gasteiger partial charge in [-0.05, 0) is 0 Å². The van der Waals surface area contributed by atoms with Crippen molar-refractivity contribution in [2.24, 2.45) is 0 Å². The molecule has 0 bridgehead atoms. The Kier molecular flexibility index (Phi) is 6.82.